The zero-order chi connectivity index (χ0) is 21.7. The first-order valence-electron chi connectivity index (χ1n) is 9.81. The number of rotatable bonds is 6. The lowest BCUT2D eigenvalue weighted by atomic mass is 10.1. The molecule has 1 fully saturated rings. The first-order chi connectivity index (χ1) is 14.3. The second-order valence-electron chi connectivity index (χ2n) is 7.23. The van der Waals surface area contributed by atoms with Crippen molar-refractivity contribution in [3.05, 3.63) is 59.4 Å². The van der Waals surface area contributed by atoms with Gasteiger partial charge in [0.2, 0.25) is 15.9 Å². The van der Waals surface area contributed by atoms with Gasteiger partial charge in [-0.15, -0.1) is 0 Å². The third kappa shape index (κ3) is 5.20. The summed E-state index contributed by atoms with van der Waals surface area (Å²) in [7, 11) is -3.54. The van der Waals surface area contributed by atoms with Gasteiger partial charge in [-0.25, -0.2) is 21.6 Å². The predicted molar refractivity (Wildman–Crippen MR) is 107 cm³/mol. The van der Waals surface area contributed by atoms with Crippen LogP contribution in [0, 0.1) is 17.5 Å². The van der Waals surface area contributed by atoms with Gasteiger partial charge in [0.15, 0.2) is 17.5 Å². The van der Waals surface area contributed by atoms with Crippen LogP contribution in [0.4, 0.5) is 18.9 Å². The lowest BCUT2D eigenvalue weighted by Gasteiger charge is -2.20. The lowest BCUT2D eigenvalue weighted by Crippen LogP contribution is -2.31. The van der Waals surface area contributed by atoms with E-state index < -0.39 is 39.1 Å². The summed E-state index contributed by atoms with van der Waals surface area (Å²) in [5.74, 6) is -5.00. The molecule has 0 aromatic heterocycles. The fourth-order valence-corrected chi connectivity index (χ4v) is 4.87. The molecular weight excluding hydrogens is 417 g/mol. The van der Waals surface area contributed by atoms with Crippen LogP contribution in [-0.2, 0) is 21.2 Å². The molecule has 0 bridgehead atoms. The van der Waals surface area contributed by atoms with Gasteiger partial charge in [-0.2, -0.15) is 4.31 Å². The smallest absolute Gasteiger partial charge is 0.243 e. The van der Waals surface area contributed by atoms with E-state index in [9.17, 15) is 26.4 Å². The Kier molecular flexibility index (Phi) is 7.14. The minimum absolute atomic E-state index is 0.0311. The summed E-state index contributed by atoms with van der Waals surface area (Å²) in [6.45, 7) is 1.04. The van der Waals surface area contributed by atoms with E-state index in [4.69, 9.17) is 0 Å². The molecule has 0 aliphatic carbocycles. The highest BCUT2D eigenvalue weighted by atomic mass is 32.2. The monoisotopic (exact) mass is 440 g/mol. The van der Waals surface area contributed by atoms with Crippen molar-refractivity contribution in [1.29, 1.82) is 0 Å². The normalized spacial score (nSPS) is 15.6. The summed E-state index contributed by atoms with van der Waals surface area (Å²) in [6, 6.07) is 7.99. The Bertz CT molecular complexity index is 1000. The zero-order valence-corrected chi connectivity index (χ0v) is 17.2. The number of amides is 1. The number of aryl methyl sites for hydroxylation is 1. The molecule has 1 heterocycles. The SMILES string of the molecule is O=C(CCc1ccc(S(=O)(=O)N2CCCCCC2)cc1)Nc1ccc(F)c(F)c1F. The molecular formula is C21H23F3N2O3S. The van der Waals surface area contributed by atoms with Crippen LogP contribution in [0.25, 0.3) is 0 Å². The van der Waals surface area contributed by atoms with Gasteiger partial charge in [0.25, 0.3) is 0 Å². The van der Waals surface area contributed by atoms with Gasteiger partial charge >= 0.3 is 0 Å². The molecule has 162 valence electrons. The van der Waals surface area contributed by atoms with Crippen molar-refractivity contribution in [3.8, 4) is 0 Å². The molecule has 0 spiro atoms. The van der Waals surface area contributed by atoms with Gasteiger partial charge in [0.05, 0.1) is 10.6 Å². The summed E-state index contributed by atoms with van der Waals surface area (Å²) in [6.07, 6.45) is 4.01. The van der Waals surface area contributed by atoms with Crippen LogP contribution in [0.1, 0.15) is 37.7 Å². The van der Waals surface area contributed by atoms with E-state index in [1.54, 1.807) is 12.1 Å². The largest absolute Gasteiger partial charge is 0.323 e. The number of halogens is 3. The second kappa shape index (κ2) is 9.61. The van der Waals surface area contributed by atoms with Crippen molar-refractivity contribution in [2.45, 2.75) is 43.4 Å². The number of carbonyl (C=O) groups is 1. The molecule has 9 heteroatoms. The van der Waals surface area contributed by atoms with Gasteiger partial charge in [0, 0.05) is 19.5 Å². The maximum atomic E-state index is 13.6. The number of anilines is 1. The zero-order valence-electron chi connectivity index (χ0n) is 16.3. The fraction of sp³-hybridized carbons (Fsp3) is 0.381. The number of hydrogen-bond acceptors (Lipinski definition) is 3. The van der Waals surface area contributed by atoms with E-state index in [0.29, 0.717) is 13.1 Å². The molecule has 1 amide bonds. The van der Waals surface area contributed by atoms with Crippen LogP contribution in [0.5, 0.6) is 0 Å². The molecule has 2 aromatic rings. The average Bonchev–Trinajstić information content (AvgIpc) is 3.03. The van der Waals surface area contributed by atoms with E-state index in [2.05, 4.69) is 5.32 Å². The Labute approximate surface area is 173 Å². The van der Waals surface area contributed by atoms with Crippen molar-refractivity contribution < 1.29 is 26.4 Å². The third-order valence-corrected chi connectivity index (χ3v) is 6.99. The molecule has 0 unspecified atom stereocenters. The van der Waals surface area contributed by atoms with Crippen molar-refractivity contribution in [2.75, 3.05) is 18.4 Å². The lowest BCUT2D eigenvalue weighted by molar-refractivity contribution is -0.116. The van der Waals surface area contributed by atoms with Gasteiger partial charge in [-0.05, 0) is 49.1 Å². The molecule has 2 aromatic carbocycles. The van der Waals surface area contributed by atoms with Crippen molar-refractivity contribution >= 4 is 21.6 Å². The minimum Gasteiger partial charge on any atom is -0.323 e. The Morgan fingerprint density at radius 2 is 1.53 bits per heavy atom. The van der Waals surface area contributed by atoms with Crippen LogP contribution in [-0.4, -0.2) is 31.7 Å². The first kappa shape index (κ1) is 22.3. The third-order valence-electron chi connectivity index (χ3n) is 5.08. The minimum atomic E-state index is -3.54. The predicted octanol–water partition coefficient (Wildman–Crippen LogP) is 4.24. The number of benzene rings is 2. The molecule has 3 rings (SSSR count). The summed E-state index contributed by atoms with van der Waals surface area (Å²) in [5.41, 5.74) is 0.295. The number of nitrogens with zero attached hydrogens (tertiary/aromatic N) is 1. The highest BCUT2D eigenvalue weighted by Gasteiger charge is 2.25. The van der Waals surface area contributed by atoms with E-state index in [0.717, 1.165) is 43.4 Å². The summed E-state index contributed by atoms with van der Waals surface area (Å²) < 4.78 is 66.9. The Hall–Kier alpha value is -2.39. The molecule has 0 atom stereocenters. The molecule has 30 heavy (non-hydrogen) atoms. The van der Waals surface area contributed by atoms with E-state index >= 15 is 0 Å². The molecule has 0 radical (unpaired) electrons. The van der Waals surface area contributed by atoms with Gasteiger partial charge < -0.3 is 5.32 Å². The quantitative estimate of drug-likeness (QED) is 0.684. The Morgan fingerprint density at radius 3 is 2.17 bits per heavy atom. The number of hydrogen-bond donors (Lipinski definition) is 1. The average molecular weight is 440 g/mol. The molecule has 1 saturated heterocycles. The van der Waals surface area contributed by atoms with Crippen molar-refractivity contribution in [3.63, 3.8) is 0 Å². The van der Waals surface area contributed by atoms with Crippen LogP contribution >= 0.6 is 0 Å². The van der Waals surface area contributed by atoms with Crippen LogP contribution < -0.4 is 5.32 Å². The van der Waals surface area contributed by atoms with Gasteiger partial charge in [0.1, 0.15) is 0 Å². The van der Waals surface area contributed by atoms with E-state index in [1.807, 2.05) is 0 Å². The first-order valence-corrected chi connectivity index (χ1v) is 11.3. The Morgan fingerprint density at radius 1 is 0.900 bits per heavy atom. The topological polar surface area (TPSA) is 66.5 Å². The molecule has 1 aliphatic rings. The van der Waals surface area contributed by atoms with E-state index in [-0.39, 0.29) is 17.7 Å². The summed E-state index contributed by atoms with van der Waals surface area (Å²) in [5, 5.41) is 2.21. The molecule has 5 nitrogen and oxygen atoms in total. The molecule has 1 aliphatic heterocycles. The highest BCUT2D eigenvalue weighted by molar-refractivity contribution is 7.89. The van der Waals surface area contributed by atoms with Crippen molar-refractivity contribution in [2.24, 2.45) is 0 Å². The standard InChI is InChI=1S/C21H23F3N2O3S/c22-17-10-11-18(21(24)20(17)23)25-19(27)12-7-15-5-8-16(9-6-15)30(28,29)26-13-3-1-2-4-14-26/h5-6,8-11H,1-4,7,12-14H2,(H,25,27). The number of nitrogens with one attached hydrogen (secondary N) is 1. The highest BCUT2D eigenvalue weighted by Crippen LogP contribution is 2.22. The van der Waals surface area contributed by atoms with Crippen molar-refractivity contribution in [1.82, 2.24) is 4.31 Å². The number of sulfonamides is 1. The van der Waals surface area contributed by atoms with E-state index in [1.165, 1.54) is 16.4 Å². The summed E-state index contributed by atoms with van der Waals surface area (Å²) in [4.78, 5) is 12.2. The molecule has 0 saturated carbocycles. The van der Waals surface area contributed by atoms with Crippen LogP contribution in [0.15, 0.2) is 41.3 Å². The van der Waals surface area contributed by atoms with Crippen LogP contribution in [0.2, 0.25) is 0 Å². The Balaban J connectivity index is 1.59. The van der Waals surface area contributed by atoms with Gasteiger partial charge in [-0.1, -0.05) is 25.0 Å². The summed E-state index contributed by atoms with van der Waals surface area (Å²) >= 11 is 0. The second-order valence-corrected chi connectivity index (χ2v) is 9.17. The van der Waals surface area contributed by atoms with Crippen LogP contribution in [0.3, 0.4) is 0 Å². The molecule has 1 N–H and O–H groups in total. The number of carbonyl (C=O) groups excluding carboxylic acids is 1. The van der Waals surface area contributed by atoms with Gasteiger partial charge in [-0.3, -0.25) is 4.79 Å². The maximum Gasteiger partial charge on any atom is 0.243 e. The maximum absolute atomic E-state index is 13.6. The fourth-order valence-electron chi connectivity index (χ4n) is 3.35.